The number of nitrogens with zero attached hydrogens (tertiary/aromatic N) is 4. The molecule has 7 heteroatoms. The van der Waals surface area contributed by atoms with Crippen LogP contribution in [0.15, 0.2) is 24.3 Å². The van der Waals surface area contributed by atoms with E-state index in [1.807, 2.05) is 36.9 Å². The van der Waals surface area contributed by atoms with Crippen LogP contribution in [0.4, 0.5) is 15.3 Å². The van der Waals surface area contributed by atoms with Gasteiger partial charge in [-0.25, -0.2) is 9.59 Å². The first-order valence-electron chi connectivity index (χ1n) is 11.7. The molecule has 4 rings (SSSR count). The molecule has 1 aromatic carbocycles. The molecular weight excluding hydrogens is 392 g/mol. The first-order valence-corrected chi connectivity index (χ1v) is 11.7. The van der Waals surface area contributed by atoms with Crippen molar-refractivity contribution in [2.24, 2.45) is 0 Å². The predicted octanol–water partition coefficient (Wildman–Crippen LogP) is 3.53. The number of ether oxygens (including phenoxy) is 1. The number of anilines is 1. The number of hydrogen-bond acceptors (Lipinski definition) is 4. The van der Waals surface area contributed by atoms with E-state index in [2.05, 4.69) is 23.1 Å². The van der Waals surface area contributed by atoms with Gasteiger partial charge in [0.25, 0.3) is 0 Å². The largest absolute Gasteiger partial charge is 0.450 e. The molecule has 3 heterocycles. The third-order valence-electron chi connectivity index (χ3n) is 7.34. The maximum Gasteiger partial charge on any atom is 0.409 e. The van der Waals surface area contributed by atoms with Crippen molar-refractivity contribution >= 4 is 17.8 Å². The molecule has 0 saturated carbocycles. The van der Waals surface area contributed by atoms with Crippen LogP contribution >= 0.6 is 0 Å². The Morgan fingerprint density at radius 2 is 1.84 bits per heavy atom. The van der Waals surface area contributed by atoms with Crippen molar-refractivity contribution in [1.29, 1.82) is 0 Å². The Labute approximate surface area is 185 Å². The van der Waals surface area contributed by atoms with Gasteiger partial charge < -0.3 is 19.4 Å². The number of likely N-dealkylation sites (tertiary alicyclic amines) is 2. The Hall–Kier alpha value is -2.28. The van der Waals surface area contributed by atoms with E-state index in [1.54, 1.807) is 4.90 Å². The zero-order valence-electron chi connectivity index (χ0n) is 19.2. The number of benzene rings is 1. The monoisotopic (exact) mass is 428 g/mol. The number of rotatable bonds is 2. The second-order valence-corrected chi connectivity index (χ2v) is 9.37. The number of para-hydroxylation sites is 1. The van der Waals surface area contributed by atoms with Crippen molar-refractivity contribution < 1.29 is 14.3 Å². The highest BCUT2D eigenvalue weighted by Gasteiger charge is 2.47. The number of piperidine rings is 1. The topological polar surface area (TPSA) is 56.3 Å². The molecule has 7 nitrogen and oxygen atoms in total. The molecule has 2 fully saturated rings. The standard InChI is InChI=1S/C24H36N4O3/c1-4-31-23(30)27-14-7-8-19(11-15-27)26-16-12-24(13-17-26)18-28(22(29)25(2)3)21-10-6-5-9-20(21)24/h5-6,9-10,19H,4,7-8,11-18H2,1-3H3. The SMILES string of the molecule is CCOC(=O)N1CCCC(N2CCC3(CC2)CN(C(=O)N(C)C)c2ccccc23)CC1. The van der Waals surface area contributed by atoms with Crippen molar-refractivity contribution in [3.63, 3.8) is 0 Å². The summed E-state index contributed by atoms with van der Waals surface area (Å²) in [7, 11) is 3.65. The van der Waals surface area contributed by atoms with E-state index in [0.29, 0.717) is 12.6 Å². The zero-order chi connectivity index (χ0) is 22.0. The molecule has 3 amide bonds. The van der Waals surface area contributed by atoms with Crippen LogP contribution < -0.4 is 4.90 Å². The zero-order valence-corrected chi connectivity index (χ0v) is 19.2. The van der Waals surface area contributed by atoms with Gasteiger partial charge in [0.1, 0.15) is 0 Å². The molecule has 0 aromatic heterocycles. The third kappa shape index (κ3) is 4.25. The van der Waals surface area contributed by atoms with E-state index in [-0.39, 0.29) is 17.5 Å². The molecule has 0 N–H and O–H groups in total. The quantitative estimate of drug-likeness (QED) is 0.723. The van der Waals surface area contributed by atoms with Crippen molar-refractivity contribution in [3.8, 4) is 0 Å². The first-order chi connectivity index (χ1) is 14.9. The van der Waals surface area contributed by atoms with Crippen LogP contribution in [0.25, 0.3) is 0 Å². The maximum atomic E-state index is 12.8. The fourth-order valence-corrected chi connectivity index (χ4v) is 5.63. The van der Waals surface area contributed by atoms with Crippen molar-refractivity contribution in [2.45, 2.75) is 50.5 Å². The molecule has 0 radical (unpaired) electrons. The van der Waals surface area contributed by atoms with Crippen molar-refractivity contribution in [2.75, 3.05) is 58.3 Å². The number of hydrogen-bond donors (Lipinski definition) is 0. The Bertz CT molecular complexity index is 804. The fourth-order valence-electron chi connectivity index (χ4n) is 5.63. The summed E-state index contributed by atoms with van der Waals surface area (Å²) in [5, 5.41) is 0. The Kier molecular flexibility index (Phi) is 6.42. The number of carbonyl (C=O) groups excluding carboxylic acids is 2. The lowest BCUT2D eigenvalue weighted by Gasteiger charge is -2.43. The molecule has 1 aromatic rings. The van der Waals surface area contributed by atoms with Gasteiger partial charge in [-0.1, -0.05) is 18.2 Å². The molecule has 31 heavy (non-hydrogen) atoms. The van der Waals surface area contributed by atoms with E-state index in [9.17, 15) is 9.59 Å². The van der Waals surface area contributed by atoms with Crippen LogP contribution in [0.5, 0.6) is 0 Å². The minimum absolute atomic E-state index is 0.0560. The van der Waals surface area contributed by atoms with E-state index in [0.717, 1.165) is 70.5 Å². The van der Waals surface area contributed by atoms with Gasteiger partial charge in [0.15, 0.2) is 0 Å². The van der Waals surface area contributed by atoms with Crippen LogP contribution in [0.3, 0.4) is 0 Å². The normalized spacial score (nSPS) is 23.4. The minimum atomic E-state index is -0.172. The van der Waals surface area contributed by atoms with Gasteiger partial charge >= 0.3 is 12.1 Å². The molecular formula is C24H36N4O3. The summed E-state index contributed by atoms with van der Waals surface area (Å²) < 4.78 is 5.20. The predicted molar refractivity (Wildman–Crippen MR) is 122 cm³/mol. The number of urea groups is 1. The Morgan fingerprint density at radius 3 is 2.55 bits per heavy atom. The maximum absolute atomic E-state index is 12.8. The molecule has 170 valence electrons. The lowest BCUT2D eigenvalue weighted by molar-refractivity contribution is 0.0995. The lowest BCUT2D eigenvalue weighted by Crippen LogP contribution is -2.50. The smallest absolute Gasteiger partial charge is 0.409 e. The van der Waals surface area contributed by atoms with Crippen LogP contribution in [-0.4, -0.2) is 86.3 Å². The molecule has 1 unspecified atom stereocenters. The van der Waals surface area contributed by atoms with Crippen molar-refractivity contribution in [1.82, 2.24) is 14.7 Å². The van der Waals surface area contributed by atoms with Gasteiger partial charge in [-0.05, 0) is 63.7 Å². The van der Waals surface area contributed by atoms with Crippen LogP contribution in [0.2, 0.25) is 0 Å². The highest BCUT2D eigenvalue weighted by atomic mass is 16.6. The molecule has 0 bridgehead atoms. The molecule has 3 aliphatic rings. The second-order valence-electron chi connectivity index (χ2n) is 9.37. The Morgan fingerprint density at radius 1 is 1.10 bits per heavy atom. The summed E-state index contributed by atoms with van der Waals surface area (Å²) in [5.74, 6) is 0. The summed E-state index contributed by atoms with van der Waals surface area (Å²) in [6, 6.07) is 9.03. The summed E-state index contributed by atoms with van der Waals surface area (Å²) in [5.41, 5.74) is 2.47. The van der Waals surface area contributed by atoms with Gasteiger partial charge in [-0.2, -0.15) is 0 Å². The summed E-state index contributed by atoms with van der Waals surface area (Å²) >= 11 is 0. The van der Waals surface area contributed by atoms with Crippen LogP contribution in [0, 0.1) is 0 Å². The van der Waals surface area contributed by atoms with Gasteiger partial charge in [0.05, 0.1) is 6.61 Å². The van der Waals surface area contributed by atoms with E-state index < -0.39 is 0 Å². The van der Waals surface area contributed by atoms with Crippen LogP contribution in [-0.2, 0) is 10.2 Å². The number of carbonyl (C=O) groups is 2. The highest BCUT2D eigenvalue weighted by molar-refractivity contribution is 5.95. The lowest BCUT2D eigenvalue weighted by atomic mass is 9.74. The van der Waals surface area contributed by atoms with E-state index in [4.69, 9.17) is 4.74 Å². The van der Waals surface area contributed by atoms with Gasteiger partial charge in [0.2, 0.25) is 0 Å². The van der Waals surface area contributed by atoms with E-state index >= 15 is 0 Å². The summed E-state index contributed by atoms with van der Waals surface area (Å²) in [6.45, 7) is 6.72. The van der Waals surface area contributed by atoms with E-state index in [1.165, 1.54) is 5.56 Å². The Balaban J connectivity index is 1.42. The van der Waals surface area contributed by atoms with Crippen LogP contribution in [0.1, 0.15) is 44.6 Å². The molecule has 1 spiro atoms. The van der Waals surface area contributed by atoms with Gasteiger partial charge in [-0.3, -0.25) is 4.90 Å². The first kappa shape index (κ1) is 21.9. The average Bonchev–Trinajstić information content (AvgIpc) is 2.92. The number of amides is 3. The highest BCUT2D eigenvalue weighted by Crippen LogP contribution is 2.47. The molecule has 0 aliphatic carbocycles. The third-order valence-corrected chi connectivity index (χ3v) is 7.34. The average molecular weight is 429 g/mol. The summed E-state index contributed by atoms with van der Waals surface area (Å²) in [4.78, 5) is 33.1. The fraction of sp³-hybridized carbons (Fsp3) is 0.667. The second kappa shape index (κ2) is 9.07. The molecule has 1 atom stereocenters. The summed E-state index contributed by atoms with van der Waals surface area (Å²) in [6.07, 6.45) is 5.13. The van der Waals surface area contributed by atoms with Gasteiger partial charge in [-0.15, -0.1) is 0 Å². The molecule has 2 saturated heterocycles. The van der Waals surface area contributed by atoms with Gasteiger partial charge in [0, 0.05) is 50.9 Å². The minimum Gasteiger partial charge on any atom is -0.450 e. The molecule has 3 aliphatic heterocycles. The number of fused-ring (bicyclic) bond motifs is 2. The van der Waals surface area contributed by atoms with Crippen molar-refractivity contribution in [3.05, 3.63) is 29.8 Å².